The highest BCUT2D eigenvalue weighted by molar-refractivity contribution is 5.99. The molecule has 10 heteroatoms. The number of hydrogen-bond donors (Lipinski definition) is 2. The van der Waals surface area contributed by atoms with Crippen molar-refractivity contribution in [2.75, 3.05) is 22.6 Å². The number of nitrogens with one attached hydrogen (secondary N) is 2. The Labute approximate surface area is 170 Å². The van der Waals surface area contributed by atoms with E-state index in [0.717, 1.165) is 17.4 Å². The van der Waals surface area contributed by atoms with Crippen LogP contribution < -0.4 is 15.5 Å². The van der Waals surface area contributed by atoms with Gasteiger partial charge in [-0.25, -0.2) is 4.98 Å². The molecule has 0 saturated heterocycles. The summed E-state index contributed by atoms with van der Waals surface area (Å²) in [6.07, 6.45) is -2.02. The molecule has 3 aromatic rings. The van der Waals surface area contributed by atoms with E-state index >= 15 is 0 Å². The number of aromatic nitrogens is 3. The van der Waals surface area contributed by atoms with Gasteiger partial charge in [0.15, 0.2) is 0 Å². The number of amides is 1. The first-order valence-electron chi connectivity index (χ1n) is 9.04. The van der Waals surface area contributed by atoms with Gasteiger partial charge in [0, 0.05) is 30.8 Å². The zero-order valence-corrected chi connectivity index (χ0v) is 15.9. The quantitative estimate of drug-likeness (QED) is 0.662. The predicted octanol–water partition coefficient (Wildman–Crippen LogP) is 3.77. The highest BCUT2D eigenvalue weighted by atomic mass is 19.4. The molecule has 0 fully saturated rings. The van der Waals surface area contributed by atoms with E-state index < -0.39 is 11.7 Å². The number of hydrogen-bond acceptors (Lipinski definition) is 6. The van der Waals surface area contributed by atoms with Crippen molar-refractivity contribution in [3.05, 3.63) is 65.6 Å². The van der Waals surface area contributed by atoms with Crippen LogP contribution in [0.25, 0.3) is 0 Å². The third-order valence-corrected chi connectivity index (χ3v) is 4.55. The molecule has 0 aliphatic carbocycles. The number of alkyl halides is 3. The van der Waals surface area contributed by atoms with E-state index in [2.05, 4.69) is 25.6 Å². The molecule has 0 radical (unpaired) electrons. The number of pyridine rings is 1. The summed E-state index contributed by atoms with van der Waals surface area (Å²) in [4.78, 5) is 25.0. The average molecular weight is 414 g/mol. The van der Waals surface area contributed by atoms with Crippen molar-refractivity contribution in [1.29, 1.82) is 0 Å². The molecule has 1 aliphatic rings. The van der Waals surface area contributed by atoms with Gasteiger partial charge in [0.2, 0.25) is 11.9 Å². The van der Waals surface area contributed by atoms with Crippen molar-refractivity contribution >= 4 is 29.0 Å². The normalized spacial score (nSPS) is 13.0. The molecule has 0 spiro atoms. The number of halogens is 3. The molecule has 154 valence electrons. The largest absolute Gasteiger partial charge is 0.421 e. The van der Waals surface area contributed by atoms with Crippen LogP contribution in [-0.2, 0) is 23.9 Å². The molecular weight excluding hydrogens is 397 g/mol. The number of rotatable bonds is 5. The summed E-state index contributed by atoms with van der Waals surface area (Å²) in [6, 6.07) is 10.4. The summed E-state index contributed by atoms with van der Waals surface area (Å²) in [7, 11) is 1.52. The minimum absolute atomic E-state index is 0.0168. The average Bonchev–Trinajstić information content (AvgIpc) is 3.07. The SMILES string of the molecule is CN(Cc1ccccn1)c1nc(Nc2ccc3c(c2)CC(=O)N3)ncc1C(F)(F)F. The highest BCUT2D eigenvalue weighted by Crippen LogP contribution is 2.36. The molecule has 1 aromatic carbocycles. The number of carbonyl (C=O) groups excluding carboxylic acids is 1. The Morgan fingerprint density at radius 1 is 1.20 bits per heavy atom. The lowest BCUT2D eigenvalue weighted by Gasteiger charge is -2.22. The second-order valence-corrected chi connectivity index (χ2v) is 6.83. The number of carbonyl (C=O) groups is 1. The maximum absolute atomic E-state index is 13.5. The standard InChI is InChI=1S/C20H17F3N6O/c1-29(11-14-4-2-3-7-24-14)18-15(20(21,22)23)10-25-19(28-18)26-13-5-6-16-12(8-13)9-17(30)27-16/h2-8,10H,9,11H2,1H3,(H,27,30)(H,25,26,28). The van der Waals surface area contributed by atoms with Gasteiger partial charge < -0.3 is 15.5 Å². The van der Waals surface area contributed by atoms with Crippen molar-refractivity contribution in [3.63, 3.8) is 0 Å². The molecule has 0 atom stereocenters. The molecule has 4 rings (SSSR count). The van der Waals surface area contributed by atoms with E-state index in [1.54, 1.807) is 42.6 Å². The zero-order chi connectivity index (χ0) is 21.3. The monoisotopic (exact) mass is 414 g/mol. The fourth-order valence-corrected chi connectivity index (χ4v) is 3.17. The van der Waals surface area contributed by atoms with Crippen LogP contribution in [0.15, 0.2) is 48.8 Å². The third-order valence-electron chi connectivity index (χ3n) is 4.55. The van der Waals surface area contributed by atoms with Crippen molar-refractivity contribution in [2.45, 2.75) is 19.1 Å². The molecule has 2 aromatic heterocycles. The van der Waals surface area contributed by atoms with Crippen LogP contribution in [0.2, 0.25) is 0 Å². The van der Waals surface area contributed by atoms with Crippen LogP contribution >= 0.6 is 0 Å². The maximum Gasteiger partial charge on any atom is 0.421 e. The van der Waals surface area contributed by atoms with E-state index in [-0.39, 0.29) is 30.6 Å². The first kappa shape index (κ1) is 19.6. The minimum Gasteiger partial charge on any atom is -0.353 e. The maximum atomic E-state index is 13.5. The van der Waals surface area contributed by atoms with Crippen molar-refractivity contribution in [1.82, 2.24) is 15.0 Å². The second-order valence-electron chi connectivity index (χ2n) is 6.83. The molecular formula is C20H17F3N6O. The van der Waals surface area contributed by atoms with E-state index in [0.29, 0.717) is 11.4 Å². The van der Waals surface area contributed by atoms with Gasteiger partial charge >= 0.3 is 6.18 Å². The van der Waals surface area contributed by atoms with Crippen LogP contribution in [0.5, 0.6) is 0 Å². The molecule has 0 bridgehead atoms. The molecule has 7 nitrogen and oxygen atoms in total. The van der Waals surface area contributed by atoms with Gasteiger partial charge in [-0.15, -0.1) is 0 Å². The van der Waals surface area contributed by atoms with Gasteiger partial charge in [-0.2, -0.15) is 18.2 Å². The lowest BCUT2D eigenvalue weighted by molar-refractivity contribution is -0.137. The molecule has 30 heavy (non-hydrogen) atoms. The lowest BCUT2D eigenvalue weighted by Crippen LogP contribution is -2.23. The van der Waals surface area contributed by atoms with Crippen molar-refractivity contribution in [2.24, 2.45) is 0 Å². The fraction of sp³-hybridized carbons (Fsp3) is 0.200. The summed E-state index contributed by atoms with van der Waals surface area (Å²) < 4.78 is 40.5. The van der Waals surface area contributed by atoms with Crippen LogP contribution in [0.1, 0.15) is 16.8 Å². The fourth-order valence-electron chi connectivity index (χ4n) is 3.17. The van der Waals surface area contributed by atoms with Crippen LogP contribution in [0.4, 0.5) is 36.3 Å². The Morgan fingerprint density at radius 2 is 2.03 bits per heavy atom. The Bertz CT molecular complexity index is 1090. The summed E-state index contributed by atoms with van der Waals surface area (Å²) in [5, 5.41) is 5.64. The van der Waals surface area contributed by atoms with E-state index in [1.165, 1.54) is 11.9 Å². The molecule has 2 N–H and O–H groups in total. The van der Waals surface area contributed by atoms with Gasteiger partial charge in [0.05, 0.1) is 18.7 Å². The molecule has 0 unspecified atom stereocenters. The number of fused-ring (bicyclic) bond motifs is 1. The second kappa shape index (κ2) is 7.62. The zero-order valence-electron chi connectivity index (χ0n) is 15.9. The predicted molar refractivity (Wildman–Crippen MR) is 105 cm³/mol. The Hall–Kier alpha value is -3.69. The van der Waals surface area contributed by atoms with Crippen molar-refractivity contribution < 1.29 is 18.0 Å². The highest BCUT2D eigenvalue weighted by Gasteiger charge is 2.36. The van der Waals surface area contributed by atoms with Crippen molar-refractivity contribution in [3.8, 4) is 0 Å². The molecule has 3 heterocycles. The van der Waals surface area contributed by atoms with Crippen LogP contribution in [0, 0.1) is 0 Å². The first-order valence-corrected chi connectivity index (χ1v) is 9.04. The topological polar surface area (TPSA) is 83.0 Å². The summed E-state index contributed by atoms with van der Waals surface area (Å²) in [6.45, 7) is 0.146. The Balaban J connectivity index is 1.63. The minimum atomic E-state index is -4.61. The van der Waals surface area contributed by atoms with Gasteiger partial charge in [-0.3, -0.25) is 9.78 Å². The molecule has 1 amide bonds. The lowest BCUT2D eigenvalue weighted by atomic mass is 10.1. The van der Waals surface area contributed by atoms with Gasteiger partial charge in [0.1, 0.15) is 11.4 Å². The Morgan fingerprint density at radius 3 is 2.77 bits per heavy atom. The molecule has 0 saturated carbocycles. The van der Waals surface area contributed by atoms with E-state index in [1.807, 2.05) is 0 Å². The van der Waals surface area contributed by atoms with Crippen LogP contribution in [0.3, 0.4) is 0 Å². The van der Waals surface area contributed by atoms with Gasteiger partial charge in [-0.05, 0) is 35.9 Å². The van der Waals surface area contributed by atoms with Gasteiger partial charge in [0.25, 0.3) is 0 Å². The smallest absolute Gasteiger partial charge is 0.353 e. The first-order chi connectivity index (χ1) is 14.3. The number of nitrogens with zero attached hydrogens (tertiary/aromatic N) is 4. The molecule has 1 aliphatic heterocycles. The van der Waals surface area contributed by atoms with E-state index in [9.17, 15) is 18.0 Å². The third kappa shape index (κ3) is 4.17. The van der Waals surface area contributed by atoms with Gasteiger partial charge in [-0.1, -0.05) is 6.07 Å². The van der Waals surface area contributed by atoms with E-state index in [4.69, 9.17) is 0 Å². The summed E-state index contributed by atoms with van der Waals surface area (Å²) in [5.41, 5.74) is 1.76. The summed E-state index contributed by atoms with van der Waals surface area (Å²) >= 11 is 0. The number of anilines is 4. The van der Waals surface area contributed by atoms with Crippen LogP contribution in [-0.4, -0.2) is 27.9 Å². The number of benzene rings is 1. The Kier molecular flexibility index (Phi) is 4.98. The summed E-state index contributed by atoms with van der Waals surface area (Å²) in [5.74, 6) is -0.349.